The number of rotatable bonds is 6. The van der Waals surface area contributed by atoms with Crippen LogP contribution in [-0.2, 0) is 16.4 Å². The summed E-state index contributed by atoms with van der Waals surface area (Å²) in [7, 11) is -3.77. The van der Waals surface area contributed by atoms with Crippen LogP contribution in [0.1, 0.15) is 22.5 Å². The highest BCUT2D eigenvalue weighted by molar-refractivity contribution is 7.89. The molecule has 0 fully saturated rings. The smallest absolute Gasteiger partial charge is 0.265 e. The van der Waals surface area contributed by atoms with E-state index < -0.39 is 10.0 Å². The summed E-state index contributed by atoms with van der Waals surface area (Å²) in [4.78, 5) is 18.1. The van der Waals surface area contributed by atoms with Crippen LogP contribution in [0.5, 0.6) is 0 Å². The number of benzene rings is 3. The van der Waals surface area contributed by atoms with E-state index in [1.165, 1.54) is 24.3 Å². The summed E-state index contributed by atoms with van der Waals surface area (Å²) in [5.74, 6) is 0.466. The molecule has 0 aliphatic rings. The lowest BCUT2D eigenvalue weighted by Crippen LogP contribution is -2.30. The minimum Gasteiger partial charge on any atom is -0.268 e. The number of aromatic nitrogens is 2. The summed E-state index contributed by atoms with van der Waals surface area (Å²) in [5.41, 5.74) is 3.47. The molecule has 0 bridgehead atoms. The standard InChI is InChI=1S/C25H22N4O3S/c1-17-7-12-23(18(2)15-17)29-24(28-22-6-4-3-5-21(22)25(29)30)13-14-27-33(31,32)20-10-8-19(16-26)9-11-20/h3-12,15,27H,13-14H2,1-2H3. The van der Waals surface area contributed by atoms with Gasteiger partial charge in [0, 0.05) is 13.0 Å². The number of nitrogens with zero attached hydrogens (tertiary/aromatic N) is 3. The maximum absolute atomic E-state index is 13.4. The van der Waals surface area contributed by atoms with Gasteiger partial charge in [-0.2, -0.15) is 5.26 Å². The van der Waals surface area contributed by atoms with E-state index in [1.54, 1.807) is 22.8 Å². The highest BCUT2D eigenvalue weighted by atomic mass is 32.2. The van der Waals surface area contributed by atoms with Gasteiger partial charge in [-0.25, -0.2) is 18.1 Å². The van der Waals surface area contributed by atoms with Crippen molar-refractivity contribution in [2.24, 2.45) is 0 Å². The molecule has 0 saturated heterocycles. The predicted molar refractivity (Wildman–Crippen MR) is 127 cm³/mol. The van der Waals surface area contributed by atoms with Gasteiger partial charge in [-0.05, 0) is 61.9 Å². The van der Waals surface area contributed by atoms with E-state index in [0.29, 0.717) is 28.0 Å². The zero-order valence-electron chi connectivity index (χ0n) is 18.2. The summed E-state index contributed by atoms with van der Waals surface area (Å²) in [6.45, 7) is 3.97. The number of para-hydroxylation sites is 1. The Morgan fingerprint density at radius 3 is 2.45 bits per heavy atom. The van der Waals surface area contributed by atoms with Crippen molar-refractivity contribution in [3.8, 4) is 11.8 Å². The summed E-state index contributed by atoms with van der Waals surface area (Å²) in [6, 6.07) is 20.6. The van der Waals surface area contributed by atoms with Crippen LogP contribution in [0.4, 0.5) is 0 Å². The third kappa shape index (κ3) is 4.55. The molecular weight excluding hydrogens is 436 g/mol. The maximum Gasteiger partial charge on any atom is 0.265 e. The number of hydrogen-bond donors (Lipinski definition) is 1. The summed E-state index contributed by atoms with van der Waals surface area (Å²) in [5, 5.41) is 9.40. The Morgan fingerprint density at radius 1 is 1.03 bits per heavy atom. The van der Waals surface area contributed by atoms with Crippen LogP contribution >= 0.6 is 0 Å². The minimum absolute atomic E-state index is 0.0536. The minimum atomic E-state index is -3.77. The molecule has 4 rings (SSSR count). The van der Waals surface area contributed by atoms with Crippen LogP contribution < -0.4 is 10.3 Å². The van der Waals surface area contributed by atoms with Gasteiger partial charge in [-0.1, -0.05) is 29.8 Å². The van der Waals surface area contributed by atoms with Gasteiger partial charge >= 0.3 is 0 Å². The van der Waals surface area contributed by atoms with E-state index in [1.807, 2.05) is 44.2 Å². The van der Waals surface area contributed by atoms with Crippen LogP contribution in [0.25, 0.3) is 16.6 Å². The molecule has 1 N–H and O–H groups in total. The molecular formula is C25H22N4O3S. The Morgan fingerprint density at radius 2 is 1.76 bits per heavy atom. The van der Waals surface area contributed by atoms with Crippen LogP contribution in [-0.4, -0.2) is 24.5 Å². The molecule has 166 valence electrons. The molecule has 0 spiro atoms. The molecule has 0 atom stereocenters. The Kier molecular flexibility index (Phi) is 6.09. The van der Waals surface area contributed by atoms with Gasteiger partial charge in [0.25, 0.3) is 5.56 Å². The summed E-state index contributed by atoms with van der Waals surface area (Å²) >= 11 is 0. The van der Waals surface area contributed by atoms with Crippen LogP contribution in [0, 0.1) is 25.2 Å². The second kappa shape index (κ2) is 8.98. The lowest BCUT2D eigenvalue weighted by atomic mass is 10.1. The molecule has 0 unspecified atom stereocenters. The fourth-order valence-electron chi connectivity index (χ4n) is 3.74. The molecule has 0 aliphatic carbocycles. The number of hydrogen-bond acceptors (Lipinski definition) is 5. The Hall–Kier alpha value is -3.80. The molecule has 4 aromatic rings. The van der Waals surface area contributed by atoms with Crippen LogP contribution in [0.2, 0.25) is 0 Å². The highest BCUT2D eigenvalue weighted by Crippen LogP contribution is 2.18. The third-order valence-corrected chi connectivity index (χ3v) is 6.85. The highest BCUT2D eigenvalue weighted by Gasteiger charge is 2.17. The van der Waals surface area contributed by atoms with Crippen LogP contribution in [0.3, 0.4) is 0 Å². The second-order valence-corrected chi connectivity index (χ2v) is 9.53. The predicted octanol–water partition coefficient (Wildman–Crippen LogP) is 3.40. The van der Waals surface area contributed by atoms with E-state index in [2.05, 4.69) is 9.71 Å². The van der Waals surface area contributed by atoms with Crippen molar-refractivity contribution in [2.75, 3.05) is 6.54 Å². The Labute approximate surface area is 192 Å². The van der Waals surface area contributed by atoms with E-state index >= 15 is 0 Å². The fraction of sp³-hybridized carbons (Fsp3) is 0.160. The summed E-state index contributed by atoms with van der Waals surface area (Å²) < 4.78 is 29.5. The molecule has 33 heavy (non-hydrogen) atoms. The van der Waals surface area contributed by atoms with Gasteiger partial charge in [-0.3, -0.25) is 9.36 Å². The van der Waals surface area contributed by atoms with Crippen molar-refractivity contribution in [3.63, 3.8) is 0 Å². The first kappa shape index (κ1) is 22.4. The first-order valence-corrected chi connectivity index (χ1v) is 11.9. The monoisotopic (exact) mass is 458 g/mol. The summed E-state index contributed by atoms with van der Waals surface area (Å²) in [6.07, 6.45) is 0.211. The Balaban J connectivity index is 1.69. The second-order valence-electron chi connectivity index (χ2n) is 7.76. The molecule has 1 aromatic heterocycles. The molecule has 0 amide bonds. The van der Waals surface area contributed by atoms with Gasteiger partial charge < -0.3 is 0 Å². The quantitative estimate of drug-likeness (QED) is 0.477. The number of fused-ring (bicyclic) bond motifs is 1. The molecule has 7 nitrogen and oxygen atoms in total. The van der Waals surface area contributed by atoms with Gasteiger partial charge in [0.05, 0.1) is 33.1 Å². The molecule has 3 aromatic carbocycles. The topological polar surface area (TPSA) is 105 Å². The molecule has 1 heterocycles. The van der Waals surface area contributed by atoms with E-state index in [4.69, 9.17) is 5.26 Å². The van der Waals surface area contributed by atoms with E-state index in [9.17, 15) is 13.2 Å². The van der Waals surface area contributed by atoms with Gasteiger partial charge in [-0.15, -0.1) is 0 Å². The van der Waals surface area contributed by atoms with Crippen molar-refractivity contribution in [1.82, 2.24) is 14.3 Å². The lowest BCUT2D eigenvalue weighted by molar-refractivity contribution is 0.580. The van der Waals surface area contributed by atoms with E-state index in [0.717, 1.165) is 11.1 Å². The number of aryl methyl sites for hydroxylation is 2. The first-order valence-electron chi connectivity index (χ1n) is 10.4. The normalized spacial score (nSPS) is 11.4. The largest absolute Gasteiger partial charge is 0.268 e. The zero-order valence-corrected chi connectivity index (χ0v) is 19.1. The lowest BCUT2D eigenvalue weighted by Gasteiger charge is -2.16. The van der Waals surface area contributed by atoms with Crippen molar-refractivity contribution >= 4 is 20.9 Å². The number of sulfonamides is 1. The van der Waals surface area contributed by atoms with Crippen molar-refractivity contribution < 1.29 is 8.42 Å². The average Bonchev–Trinajstić information content (AvgIpc) is 2.80. The number of nitriles is 1. The molecule has 8 heteroatoms. The van der Waals surface area contributed by atoms with Crippen molar-refractivity contribution in [1.29, 1.82) is 5.26 Å². The number of nitrogens with one attached hydrogen (secondary N) is 1. The van der Waals surface area contributed by atoms with Crippen LogP contribution in [0.15, 0.2) is 76.4 Å². The first-order chi connectivity index (χ1) is 15.8. The van der Waals surface area contributed by atoms with Gasteiger partial charge in [0.15, 0.2) is 0 Å². The van der Waals surface area contributed by atoms with Crippen molar-refractivity contribution in [3.05, 3.63) is 99.6 Å². The molecule has 0 radical (unpaired) electrons. The molecule has 0 aliphatic heterocycles. The maximum atomic E-state index is 13.4. The van der Waals surface area contributed by atoms with Crippen molar-refractivity contribution in [2.45, 2.75) is 25.2 Å². The fourth-order valence-corrected chi connectivity index (χ4v) is 4.77. The van der Waals surface area contributed by atoms with Gasteiger partial charge in [0.2, 0.25) is 10.0 Å². The average molecular weight is 459 g/mol. The molecule has 0 saturated carbocycles. The van der Waals surface area contributed by atoms with E-state index in [-0.39, 0.29) is 23.4 Å². The Bertz CT molecular complexity index is 1550. The van der Waals surface area contributed by atoms with Gasteiger partial charge in [0.1, 0.15) is 5.82 Å². The third-order valence-electron chi connectivity index (χ3n) is 5.37. The zero-order chi connectivity index (χ0) is 23.6. The SMILES string of the molecule is Cc1ccc(-n2c(CCNS(=O)(=O)c3ccc(C#N)cc3)nc3ccccc3c2=O)c(C)c1.